The van der Waals surface area contributed by atoms with E-state index in [1.807, 2.05) is 42.9 Å². The maximum atomic E-state index is 11.6. The third-order valence-corrected chi connectivity index (χ3v) is 4.53. The van der Waals surface area contributed by atoms with Crippen LogP contribution in [0.25, 0.3) is 0 Å². The van der Waals surface area contributed by atoms with E-state index in [2.05, 4.69) is 17.0 Å². The number of hydrogen-bond donors (Lipinski definition) is 0. The molecule has 1 aromatic carbocycles. The molecule has 0 bridgehead atoms. The third-order valence-electron chi connectivity index (χ3n) is 3.27. The van der Waals surface area contributed by atoms with Gasteiger partial charge in [-0.2, -0.15) is 0 Å². The number of carbonyl (C=O) groups excluding carboxylic acids is 1. The topological polar surface area (TPSA) is 32.8 Å². The predicted octanol–water partition coefficient (Wildman–Crippen LogP) is 2.22. The first-order valence-corrected chi connectivity index (χ1v) is 7.89. The smallest absolute Gasteiger partial charge is 0.220 e. The van der Waals surface area contributed by atoms with Crippen molar-refractivity contribution < 1.29 is 9.53 Å². The fourth-order valence-electron chi connectivity index (χ4n) is 2.14. The second kappa shape index (κ2) is 6.99. The van der Waals surface area contributed by atoms with Gasteiger partial charge in [0.15, 0.2) is 0 Å². The molecule has 4 nitrogen and oxygen atoms in total. The molecule has 110 valence electrons. The Morgan fingerprint density at radius 1 is 1.40 bits per heavy atom. The van der Waals surface area contributed by atoms with Crippen LogP contribution in [0.4, 0.5) is 0 Å². The molecule has 1 atom stereocenters. The summed E-state index contributed by atoms with van der Waals surface area (Å²) < 4.78 is 5.68. The molecule has 1 unspecified atom stereocenters. The Balaban J connectivity index is 1.95. The van der Waals surface area contributed by atoms with Gasteiger partial charge in [-0.25, -0.2) is 0 Å². The molecule has 0 aromatic heterocycles. The van der Waals surface area contributed by atoms with Crippen LogP contribution < -0.4 is 4.74 Å². The summed E-state index contributed by atoms with van der Waals surface area (Å²) in [6, 6.07) is 8.10. The normalized spacial score (nSPS) is 18.6. The molecule has 1 fully saturated rings. The van der Waals surface area contributed by atoms with E-state index in [0.717, 1.165) is 24.6 Å². The zero-order chi connectivity index (χ0) is 14.5. The van der Waals surface area contributed by atoms with Crippen molar-refractivity contribution in [1.29, 1.82) is 0 Å². The summed E-state index contributed by atoms with van der Waals surface area (Å²) in [5.41, 5.74) is 1.17. The maximum Gasteiger partial charge on any atom is 0.220 e. The minimum Gasteiger partial charge on any atom is -0.492 e. The number of nitrogens with zero attached hydrogens (tertiary/aromatic N) is 2. The molecule has 1 heterocycles. The Kier molecular flexibility index (Phi) is 5.31. The van der Waals surface area contributed by atoms with Gasteiger partial charge in [-0.3, -0.25) is 4.79 Å². The molecule has 5 heteroatoms. The van der Waals surface area contributed by atoms with Gasteiger partial charge in [0, 0.05) is 25.8 Å². The van der Waals surface area contributed by atoms with Gasteiger partial charge >= 0.3 is 0 Å². The first kappa shape index (κ1) is 15.2. The maximum absolute atomic E-state index is 11.6. The van der Waals surface area contributed by atoms with Crippen molar-refractivity contribution in [2.45, 2.75) is 12.3 Å². The molecule has 0 saturated carbocycles. The molecular weight excluding hydrogens is 272 g/mol. The van der Waals surface area contributed by atoms with Crippen molar-refractivity contribution in [2.24, 2.45) is 0 Å². The van der Waals surface area contributed by atoms with Crippen LogP contribution in [0.5, 0.6) is 5.75 Å². The Hall–Kier alpha value is -1.20. The van der Waals surface area contributed by atoms with Gasteiger partial charge in [0.25, 0.3) is 0 Å². The number of likely N-dealkylation sites (N-methyl/N-ethyl adjacent to an activating group) is 1. The summed E-state index contributed by atoms with van der Waals surface area (Å²) in [5.74, 6) is 2.03. The van der Waals surface area contributed by atoms with Crippen molar-refractivity contribution in [2.75, 3.05) is 39.5 Å². The number of thioether (sulfide) groups is 1. The second-order valence-corrected chi connectivity index (χ2v) is 6.34. The van der Waals surface area contributed by atoms with E-state index >= 15 is 0 Å². The summed E-state index contributed by atoms with van der Waals surface area (Å²) in [4.78, 5) is 15.6. The molecule has 0 radical (unpaired) electrons. The lowest BCUT2D eigenvalue weighted by Gasteiger charge is -2.22. The molecule has 1 aromatic rings. The number of rotatable bonds is 5. The van der Waals surface area contributed by atoms with Crippen LogP contribution in [0.2, 0.25) is 0 Å². The first-order valence-electron chi connectivity index (χ1n) is 6.84. The van der Waals surface area contributed by atoms with Crippen molar-refractivity contribution in [3.8, 4) is 5.75 Å². The average molecular weight is 294 g/mol. The van der Waals surface area contributed by atoms with E-state index in [-0.39, 0.29) is 11.3 Å². The van der Waals surface area contributed by atoms with Crippen LogP contribution >= 0.6 is 11.8 Å². The fraction of sp³-hybridized carbons (Fsp3) is 0.533. The van der Waals surface area contributed by atoms with E-state index in [9.17, 15) is 4.79 Å². The SMILES string of the molecule is CC(=O)N1CCSC1c1ccc(OCCN(C)C)cc1. The Morgan fingerprint density at radius 2 is 2.10 bits per heavy atom. The molecule has 2 rings (SSSR count). The average Bonchev–Trinajstić information content (AvgIpc) is 2.88. The Bertz CT molecular complexity index is 448. The van der Waals surface area contributed by atoms with Gasteiger partial charge in [-0.15, -0.1) is 11.8 Å². The summed E-state index contributed by atoms with van der Waals surface area (Å²) in [6.07, 6.45) is 0. The minimum absolute atomic E-state index is 0.145. The van der Waals surface area contributed by atoms with Gasteiger partial charge in [-0.05, 0) is 31.8 Å². The van der Waals surface area contributed by atoms with Gasteiger partial charge < -0.3 is 14.5 Å². The molecule has 1 aliphatic heterocycles. The van der Waals surface area contributed by atoms with Crippen molar-refractivity contribution in [3.63, 3.8) is 0 Å². The second-order valence-electron chi connectivity index (χ2n) is 5.16. The molecular formula is C15H22N2O2S. The molecule has 1 aliphatic rings. The highest BCUT2D eigenvalue weighted by molar-refractivity contribution is 7.99. The van der Waals surface area contributed by atoms with Crippen LogP contribution in [0.15, 0.2) is 24.3 Å². The number of hydrogen-bond acceptors (Lipinski definition) is 4. The number of amides is 1. The highest BCUT2D eigenvalue weighted by Crippen LogP contribution is 2.38. The van der Waals surface area contributed by atoms with E-state index in [4.69, 9.17) is 4.74 Å². The molecule has 20 heavy (non-hydrogen) atoms. The molecule has 1 amide bonds. The first-order chi connectivity index (χ1) is 9.58. The molecule has 0 N–H and O–H groups in total. The van der Waals surface area contributed by atoms with Crippen LogP contribution in [-0.4, -0.2) is 55.3 Å². The van der Waals surface area contributed by atoms with Crippen molar-refractivity contribution >= 4 is 17.7 Å². The summed E-state index contributed by atoms with van der Waals surface area (Å²) in [5, 5.41) is 0.156. The summed E-state index contributed by atoms with van der Waals surface area (Å²) >= 11 is 1.82. The number of benzene rings is 1. The van der Waals surface area contributed by atoms with Crippen LogP contribution in [-0.2, 0) is 4.79 Å². The van der Waals surface area contributed by atoms with Crippen molar-refractivity contribution in [1.82, 2.24) is 9.80 Å². The van der Waals surface area contributed by atoms with E-state index in [1.165, 1.54) is 5.56 Å². The highest BCUT2D eigenvalue weighted by atomic mass is 32.2. The standard InChI is InChI=1S/C15H22N2O2S/c1-12(18)17-9-11-20-15(17)13-4-6-14(7-5-13)19-10-8-16(2)3/h4-7,15H,8-11H2,1-3H3. The van der Waals surface area contributed by atoms with Crippen LogP contribution in [0.1, 0.15) is 17.9 Å². The Morgan fingerprint density at radius 3 is 2.70 bits per heavy atom. The third kappa shape index (κ3) is 3.90. The lowest BCUT2D eigenvalue weighted by molar-refractivity contribution is -0.128. The minimum atomic E-state index is 0.145. The lowest BCUT2D eigenvalue weighted by atomic mass is 10.2. The Labute approximate surface area is 125 Å². The van der Waals surface area contributed by atoms with E-state index in [1.54, 1.807) is 6.92 Å². The number of ether oxygens (including phenoxy) is 1. The summed E-state index contributed by atoms with van der Waals surface area (Å²) in [6.45, 7) is 4.06. The fourth-order valence-corrected chi connectivity index (χ4v) is 3.45. The van der Waals surface area contributed by atoms with Gasteiger partial charge in [0.05, 0.1) is 0 Å². The molecule has 0 spiro atoms. The van der Waals surface area contributed by atoms with Gasteiger partial charge in [0.2, 0.25) is 5.91 Å². The molecule has 1 saturated heterocycles. The number of carbonyl (C=O) groups is 1. The molecule has 0 aliphatic carbocycles. The van der Waals surface area contributed by atoms with Crippen LogP contribution in [0.3, 0.4) is 0 Å². The predicted molar refractivity (Wildman–Crippen MR) is 83.1 cm³/mol. The van der Waals surface area contributed by atoms with Crippen molar-refractivity contribution in [3.05, 3.63) is 29.8 Å². The lowest BCUT2D eigenvalue weighted by Crippen LogP contribution is -2.27. The van der Waals surface area contributed by atoms with Crippen LogP contribution in [0, 0.1) is 0 Å². The van der Waals surface area contributed by atoms with E-state index in [0.29, 0.717) is 6.61 Å². The quantitative estimate of drug-likeness (QED) is 0.833. The zero-order valence-corrected chi connectivity index (χ0v) is 13.2. The van der Waals surface area contributed by atoms with Gasteiger partial charge in [0.1, 0.15) is 17.7 Å². The monoisotopic (exact) mass is 294 g/mol. The summed E-state index contributed by atoms with van der Waals surface area (Å²) in [7, 11) is 4.06. The zero-order valence-electron chi connectivity index (χ0n) is 12.3. The highest BCUT2D eigenvalue weighted by Gasteiger charge is 2.28. The van der Waals surface area contributed by atoms with Gasteiger partial charge in [-0.1, -0.05) is 12.1 Å². The largest absolute Gasteiger partial charge is 0.492 e. The van der Waals surface area contributed by atoms with E-state index < -0.39 is 0 Å².